The summed E-state index contributed by atoms with van der Waals surface area (Å²) in [4.78, 5) is 26.4. The Bertz CT molecular complexity index is 925. The highest BCUT2D eigenvalue weighted by Crippen LogP contribution is 2.29. The van der Waals surface area contributed by atoms with Gasteiger partial charge in [-0.2, -0.15) is 5.26 Å². The third-order valence-corrected chi connectivity index (χ3v) is 5.10. The van der Waals surface area contributed by atoms with Gasteiger partial charge in [0.2, 0.25) is 5.91 Å². The lowest BCUT2D eigenvalue weighted by molar-refractivity contribution is -0.120. The summed E-state index contributed by atoms with van der Waals surface area (Å²) < 4.78 is 5.28. The number of carbonyl (C=O) groups is 2. The number of methoxy groups -OCH3 is 1. The largest absolute Gasteiger partial charge is 0.495 e. The van der Waals surface area contributed by atoms with Crippen LogP contribution in [-0.4, -0.2) is 31.9 Å². The van der Waals surface area contributed by atoms with Crippen LogP contribution in [0.2, 0.25) is 0 Å². The zero-order chi connectivity index (χ0) is 20.1. The maximum absolute atomic E-state index is 12.7. The number of carbonyl (C=O) groups excluding carboxylic acids is 2. The summed E-state index contributed by atoms with van der Waals surface area (Å²) in [5.41, 5.74) is 2.56. The summed E-state index contributed by atoms with van der Waals surface area (Å²) in [6, 6.07) is 14.7. The Hall–Kier alpha value is -3.33. The van der Waals surface area contributed by atoms with E-state index in [1.54, 1.807) is 25.3 Å². The highest BCUT2D eigenvalue weighted by Gasteiger charge is 2.27. The van der Waals surface area contributed by atoms with E-state index in [0.717, 1.165) is 5.69 Å². The molecule has 0 aliphatic carbocycles. The summed E-state index contributed by atoms with van der Waals surface area (Å²) >= 11 is 0. The standard InChI is InChI=1S/C22H23N3O3/c1-15(26)17-7-8-18(14-23)20(13-17)25-11-9-16(10-12-25)22(27)24-19-5-3-4-6-21(19)28-2/h3-8,13,16H,9-12H2,1-2H3,(H,24,27). The summed E-state index contributed by atoms with van der Waals surface area (Å²) in [6.45, 7) is 2.82. The van der Waals surface area contributed by atoms with E-state index >= 15 is 0 Å². The molecule has 2 aromatic carbocycles. The topological polar surface area (TPSA) is 82.4 Å². The number of nitrogens with zero attached hydrogens (tertiary/aromatic N) is 2. The average molecular weight is 377 g/mol. The minimum Gasteiger partial charge on any atom is -0.495 e. The van der Waals surface area contributed by atoms with Crippen molar-refractivity contribution in [3.05, 3.63) is 53.6 Å². The maximum Gasteiger partial charge on any atom is 0.227 e. The number of hydrogen-bond acceptors (Lipinski definition) is 5. The molecule has 1 amide bonds. The molecule has 0 bridgehead atoms. The van der Waals surface area contributed by atoms with Crippen molar-refractivity contribution in [2.24, 2.45) is 5.92 Å². The molecule has 1 saturated heterocycles. The number of amides is 1. The Morgan fingerprint density at radius 3 is 2.54 bits per heavy atom. The molecular formula is C22H23N3O3. The number of anilines is 2. The average Bonchev–Trinajstić information content (AvgIpc) is 2.73. The molecule has 0 radical (unpaired) electrons. The first-order valence-corrected chi connectivity index (χ1v) is 9.27. The van der Waals surface area contributed by atoms with Gasteiger partial charge in [-0.15, -0.1) is 0 Å². The zero-order valence-corrected chi connectivity index (χ0v) is 16.1. The van der Waals surface area contributed by atoms with Crippen molar-refractivity contribution in [2.45, 2.75) is 19.8 Å². The van der Waals surface area contributed by atoms with Crippen LogP contribution >= 0.6 is 0 Å². The van der Waals surface area contributed by atoms with E-state index in [9.17, 15) is 14.9 Å². The molecule has 1 aliphatic rings. The number of hydrogen-bond donors (Lipinski definition) is 1. The number of rotatable bonds is 5. The van der Waals surface area contributed by atoms with E-state index < -0.39 is 0 Å². The van der Waals surface area contributed by atoms with Gasteiger partial charge in [-0.1, -0.05) is 12.1 Å². The molecule has 6 nitrogen and oxygen atoms in total. The van der Waals surface area contributed by atoms with E-state index in [4.69, 9.17) is 4.74 Å². The van der Waals surface area contributed by atoms with Crippen LogP contribution in [0.15, 0.2) is 42.5 Å². The van der Waals surface area contributed by atoms with Gasteiger partial charge in [-0.3, -0.25) is 9.59 Å². The predicted octanol–water partition coefficient (Wildman–Crippen LogP) is 3.62. The molecule has 0 atom stereocenters. The molecular weight excluding hydrogens is 354 g/mol. The van der Waals surface area contributed by atoms with Crippen LogP contribution in [0, 0.1) is 17.2 Å². The predicted molar refractivity (Wildman–Crippen MR) is 108 cm³/mol. The first-order chi connectivity index (χ1) is 13.5. The van der Waals surface area contributed by atoms with Gasteiger partial charge in [0.1, 0.15) is 11.8 Å². The second-order valence-electron chi connectivity index (χ2n) is 6.85. The van der Waals surface area contributed by atoms with E-state index in [0.29, 0.717) is 48.5 Å². The fourth-order valence-electron chi connectivity index (χ4n) is 3.47. The molecule has 1 aliphatic heterocycles. The van der Waals surface area contributed by atoms with Crippen molar-refractivity contribution in [1.82, 2.24) is 0 Å². The van der Waals surface area contributed by atoms with E-state index in [-0.39, 0.29) is 17.6 Å². The summed E-state index contributed by atoms with van der Waals surface area (Å²) in [5.74, 6) is 0.467. The van der Waals surface area contributed by atoms with Gasteiger partial charge in [0, 0.05) is 24.6 Å². The molecule has 6 heteroatoms. The Labute approximate surface area is 164 Å². The van der Waals surface area contributed by atoms with Crippen molar-refractivity contribution >= 4 is 23.1 Å². The molecule has 1 heterocycles. The molecule has 0 saturated carbocycles. The van der Waals surface area contributed by atoms with Gasteiger partial charge in [0.25, 0.3) is 0 Å². The van der Waals surface area contributed by atoms with Crippen molar-refractivity contribution in [1.29, 1.82) is 5.26 Å². The minimum atomic E-state index is -0.109. The first-order valence-electron chi connectivity index (χ1n) is 9.27. The van der Waals surface area contributed by atoms with Gasteiger partial charge in [0.15, 0.2) is 5.78 Å². The SMILES string of the molecule is COc1ccccc1NC(=O)C1CCN(c2cc(C(C)=O)ccc2C#N)CC1. The molecule has 3 rings (SSSR count). The smallest absolute Gasteiger partial charge is 0.227 e. The number of para-hydroxylation sites is 2. The normalized spacial score (nSPS) is 14.2. The lowest BCUT2D eigenvalue weighted by Crippen LogP contribution is -2.38. The second kappa shape index (κ2) is 8.57. The van der Waals surface area contributed by atoms with Crippen LogP contribution in [0.25, 0.3) is 0 Å². The summed E-state index contributed by atoms with van der Waals surface area (Å²) in [6.07, 6.45) is 1.35. The lowest BCUT2D eigenvalue weighted by atomic mass is 9.94. The van der Waals surface area contributed by atoms with E-state index in [1.807, 2.05) is 24.3 Å². The molecule has 1 fully saturated rings. The third kappa shape index (κ3) is 4.15. The fourth-order valence-corrected chi connectivity index (χ4v) is 3.47. The minimum absolute atomic E-state index is 0.0258. The number of Topliss-reactive ketones (excluding diaryl/α,β-unsaturated/α-hetero) is 1. The van der Waals surface area contributed by atoms with Gasteiger partial charge in [0.05, 0.1) is 24.0 Å². The van der Waals surface area contributed by atoms with E-state index in [1.165, 1.54) is 6.92 Å². The number of nitriles is 1. The molecule has 1 N–H and O–H groups in total. The van der Waals surface area contributed by atoms with Gasteiger partial charge >= 0.3 is 0 Å². The zero-order valence-electron chi connectivity index (χ0n) is 16.1. The highest BCUT2D eigenvalue weighted by molar-refractivity contribution is 5.96. The van der Waals surface area contributed by atoms with Crippen LogP contribution in [0.4, 0.5) is 11.4 Å². The molecule has 2 aromatic rings. The van der Waals surface area contributed by atoms with E-state index in [2.05, 4.69) is 16.3 Å². The molecule has 28 heavy (non-hydrogen) atoms. The van der Waals surface area contributed by atoms with Crippen molar-refractivity contribution in [3.63, 3.8) is 0 Å². The fraction of sp³-hybridized carbons (Fsp3) is 0.318. The Balaban J connectivity index is 1.68. The Kier molecular flexibility index (Phi) is 5.95. The third-order valence-electron chi connectivity index (χ3n) is 5.10. The lowest BCUT2D eigenvalue weighted by Gasteiger charge is -2.33. The van der Waals surface area contributed by atoms with Crippen LogP contribution in [0.1, 0.15) is 35.7 Å². The van der Waals surface area contributed by atoms with Crippen LogP contribution in [-0.2, 0) is 4.79 Å². The van der Waals surface area contributed by atoms with Crippen molar-refractivity contribution < 1.29 is 14.3 Å². The Morgan fingerprint density at radius 2 is 1.89 bits per heavy atom. The first kappa shape index (κ1) is 19.4. The maximum atomic E-state index is 12.7. The molecule has 0 unspecified atom stereocenters. The quantitative estimate of drug-likeness (QED) is 0.805. The van der Waals surface area contributed by atoms with Crippen LogP contribution in [0.3, 0.4) is 0 Å². The molecule has 144 valence electrons. The number of nitrogens with one attached hydrogen (secondary N) is 1. The van der Waals surface area contributed by atoms with Crippen LogP contribution in [0.5, 0.6) is 5.75 Å². The number of ketones is 1. The number of ether oxygens (including phenoxy) is 1. The van der Waals surface area contributed by atoms with Gasteiger partial charge < -0.3 is 15.0 Å². The Morgan fingerprint density at radius 1 is 1.18 bits per heavy atom. The molecule has 0 aromatic heterocycles. The molecule has 0 spiro atoms. The van der Waals surface area contributed by atoms with Crippen molar-refractivity contribution in [2.75, 3.05) is 30.4 Å². The van der Waals surface area contributed by atoms with Gasteiger partial charge in [-0.05, 0) is 50.1 Å². The summed E-state index contributed by atoms with van der Waals surface area (Å²) in [5, 5.41) is 12.3. The number of piperidine rings is 1. The number of benzene rings is 2. The summed E-state index contributed by atoms with van der Waals surface area (Å²) in [7, 11) is 1.57. The monoisotopic (exact) mass is 377 g/mol. The van der Waals surface area contributed by atoms with Crippen molar-refractivity contribution in [3.8, 4) is 11.8 Å². The van der Waals surface area contributed by atoms with Crippen LogP contribution < -0.4 is 15.0 Å². The van der Waals surface area contributed by atoms with Gasteiger partial charge in [-0.25, -0.2) is 0 Å². The highest BCUT2D eigenvalue weighted by atomic mass is 16.5. The second-order valence-corrected chi connectivity index (χ2v) is 6.85.